The number of benzene rings is 3. The van der Waals surface area contributed by atoms with Crippen molar-refractivity contribution in [3.63, 3.8) is 0 Å². The highest BCUT2D eigenvalue weighted by Crippen LogP contribution is 2.32. The van der Waals surface area contributed by atoms with Crippen LogP contribution in [0.4, 0.5) is 13.2 Å². The Hall–Kier alpha value is -5.00. The lowest BCUT2D eigenvalue weighted by molar-refractivity contribution is -0.275. The first-order valence-electron chi connectivity index (χ1n) is 14.4. The second-order valence-electron chi connectivity index (χ2n) is 11.2. The number of phenols is 1. The zero-order valence-corrected chi connectivity index (χ0v) is 24.5. The summed E-state index contributed by atoms with van der Waals surface area (Å²) < 4.78 is 43.7. The number of fused-ring (bicyclic) bond motifs is 1. The van der Waals surface area contributed by atoms with E-state index in [4.69, 9.17) is 0 Å². The second kappa shape index (κ2) is 13.3. The summed E-state index contributed by atoms with van der Waals surface area (Å²) in [7, 11) is 1.67. The van der Waals surface area contributed by atoms with Gasteiger partial charge < -0.3 is 29.9 Å². The van der Waals surface area contributed by atoms with Gasteiger partial charge in [0.05, 0.1) is 12.6 Å². The molecule has 1 fully saturated rings. The molecule has 0 radical (unpaired) electrons. The van der Waals surface area contributed by atoms with Crippen molar-refractivity contribution in [1.29, 1.82) is 0 Å². The fourth-order valence-electron chi connectivity index (χ4n) is 5.76. The third-order valence-electron chi connectivity index (χ3n) is 7.77. The summed E-state index contributed by atoms with van der Waals surface area (Å²) in [6.45, 7) is -0.00936. The molecule has 236 valence electrons. The number of ether oxygens (including phenoxy) is 1. The predicted octanol–water partition coefficient (Wildman–Crippen LogP) is 3.98. The zero-order chi connectivity index (χ0) is 32.1. The molecule has 0 saturated carbocycles. The van der Waals surface area contributed by atoms with E-state index in [-0.39, 0.29) is 62.1 Å². The van der Waals surface area contributed by atoms with E-state index in [1.165, 1.54) is 40.1 Å². The highest BCUT2D eigenvalue weighted by Gasteiger charge is 2.45. The standard InChI is InChI=1S/C33H33F3N4O5/c1-38-18-25(31(43)37-17-23-7-3-2-4-8-23)16-26-20-39(19-24-9-5-6-10-29(24)45-33(34,35)36)32(44)28(40(26)30(42)21-38)15-22-11-13-27(41)14-12-22/h2-14,18,26,28,41H,15-17,19-21H2,1H3,(H,37,43)/t26-,28-/m0/s1. The van der Waals surface area contributed by atoms with Gasteiger partial charge in [0.2, 0.25) is 17.7 Å². The number of carbonyl (C=O) groups is 3. The van der Waals surface area contributed by atoms with Crippen LogP contribution in [0.5, 0.6) is 11.5 Å². The number of phenolic OH excluding ortho intramolecular Hbond substituents is 1. The molecule has 0 aromatic heterocycles. The average Bonchev–Trinajstić information content (AvgIpc) is 2.99. The minimum atomic E-state index is -4.93. The van der Waals surface area contributed by atoms with Crippen LogP contribution >= 0.6 is 0 Å². The minimum Gasteiger partial charge on any atom is -0.508 e. The topological polar surface area (TPSA) is 102 Å². The Kier molecular flexibility index (Phi) is 9.31. The summed E-state index contributed by atoms with van der Waals surface area (Å²) in [6, 6.07) is 19.6. The van der Waals surface area contributed by atoms with Gasteiger partial charge in [-0.05, 0) is 29.3 Å². The van der Waals surface area contributed by atoms with Crippen molar-refractivity contribution >= 4 is 17.7 Å². The first kappa shape index (κ1) is 31.4. The molecule has 0 spiro atoms. The largest absolute Gasteiger partial charge is 0.573 e. The van der Waals surface area contributed by atoms with Crippen molar-refractivity contribution in [2.45, 2.75) is 44.4 Å². The molecular formula is C33H33F3N4O5. The van der Waals surface area contributed by atoms with Gasteiger partial charge in [-0.25, -0.2) is 0 Å². The molecule has 3 aromatic rings. The van der Waals surface area contributed by atoms with Gasteiger partial charge in [-0.15, -0.1) is 13.2 Å². The molecule has 3 aromatic carbocycles. The number of amides is 3. The molecule has 0 aliphatic carbocycles. The van der Waals surface area contributed by atoms with E-state index >= 15 is 0 Å². The van der Waals surface area contributed by atoms with Gasteiger partial charge in [0.25, 0.3) is 0 Å². The van der Waals surface area contributed by atoms with Crippen molar-refractivity contribution in [1.82, 2.24) is 20.0 Å². The molecule has 2 atom stereocenters. The van der Waals surface area contributed by atoms with Gasteiger partial charge in [0.15, 0.2) is 0 Å². The van der Waals surface area contributed by atoms with Crippen LogP contribution in [0.25, 0.3) is 0 Å². The third kappa shape index (κ3) is 7.94. The molecular weight excluding hydrogens is 589 g/mol. The van der Waals surface area contributed by atoms with Crippen LogP contribution < -0.4 is 10.1 Å². The van der Waals surface area contributed by atoms with E-state index in [2.05, 4.69) is 10.1 Å². The highest BCUT2D eigenvalue weighted by atomic mass is 19.4. The number of halogens is 3. The Bertz CT molecular complexity index is 1560. The summed E-state index contributed by atoms with van der Waals surface area (Å²) in [5.41, 5.74) is 2.13. The number of para-hydroxylation sites is 1. The molecule has 2 N–H and O–H groups in total. The van der Waals surface area contributed by atoms with E-state index < -0.39 is 30.1 Å². The van der Waals surface area contributed by atoms with Gasteiger partial charge in [-0.3, -0.25) is 14.4 Å². The molecule has 2 aliphatic rings. The maximum Gasteiger partial charge on any atom is 0.573 e. The summed E-state index contributed by atoms with van der Waals surface area (Å²) in [4.78, 5) is 45.7. The Balaban J connectivity index is 1.47. The van der Waals surface area contributed by atoms with Crippen LogP contribution in [0.2, 0.25) is 0 Å². The molecule has 12 heteroatoms. The number of nitrogens with one attached hydrogen (secondary N) is 1. The van der Waals surface area contributed by atoms with E-state index in [9.17, 15) is 32.7 Å². The smallest absolute Gasteiger partial charge is 0.508 e. The summed E-state index contributed by atoms with van der Waals surface area (Å²) in [5.74, 6) is -1.49. The molecule has 5 rings (SSSR count). The van der Waals surface area contributed by atoms with E-state index in [1.54, 1.807) is 36.3 Å². The lowest BCUT2D eigenvalue weighted by Crippen LogP contribution is -2.65. The summed E-state index contributed by atoms with van der Waals surface area (Å²) in [6.07, 6.45) is -3.10. The fourth-order valence-corrected chi connectivity index (χ4v) is 5.76. The van der Waals surface area contributed by atoms with Gasteiger partial charge in [0, 0.05) is 56.9 Å². The third-order valence-corrected chi connectivity index (χ3v) is 7.77. The monoisotopic (exact) mass is 622 g/mol. The van der Waals surface area contributed by atoms with Crippen molar-refractivity contribution in [3.05, 3.63) is 107 Å². The Morgan fingerprint density at radius 2 is 1.67 bits per heavy atom. The first-order valence-corrected chi connectivity index (χ1v) is 14.4. The maximum atomic E-state index is 14.1. The van der Waals surface area contributed by atoms with Gasteiger partial charge in [-0.1, -0.05) is 60.7 Å². The van der Waals surface area contributed by atoms with E-state index in [0.29, 0.717) is 11.1 Å². The number of likely N-dealkylation sites (N-methyl/N-ethyl adjacent to an activating group) is 1. The van der Waals surface area contributed by atoms with Crippen LogP contribution in [0.1, 0.15) is 23.1 Å². The van der Waals surface area contributed by atoms with Gasteiger partial charge >= 0.3 is 6.36 Å². The summed E-state index contributed by atoms with van der Waals surface area (Å²) >= 11 is 0. The van der Waals surface area contributed by atoms with Crippen LogP contribution in [-0.4, -0.2) is 76.1 Å². The van der Waals surface area contributed by atoms with Crippen molar-refractivity contribution in [2.75, 3.05) is 20.1 Å². The van der Waals surface area contributed by atoms with Crippen LogP contribution in [-0.2, 0) is 33.9 Å². The van der Waals surface area contributed by atoms with Crippen LogP contribution in [0.15, 0.2) is 90.6 Å². The number of rotatable bonds is 8. The Morgan fingerprint density at radius 3 is 2.38 bits per heavy atom. The second-order valence-corrected chi connectivity index (χ2v) is 11.2. The number of hydrogen-bond donors (Lipinski definition) is 2. The van der Waals surface area contributed by atoms with E-state index in [1.807, 2.05) is 30.3 Å². The highest BCUT2D eigenvalue weighted by molar-refractivity contribution is 5.95. The quantitative estimate of drug-likeness (QED) is 0.394. The SMILES string of the molecule is CN1C=C(C(=O)NCc2ccccc2)C[C@H]2CN(Cc3ccccc3OC(F)(F)F)C(=O)[C@H](Cc3ccc(O)cc3)N2C(=O)C1. The molecule has 2 heterocycles. The van der Waals surface area contributed by atoms with E-state index in [0.717, 1.165) is 5.56 Å². The van der Waals surface area contributed by atoms with Crippen molar-refractivity contribution in [2.24, 2.45) is 0 Å². The molecule has 3 amide bonds. The number of aromatic hydroxyl groups is 1. The average molecular weight is 623 g/mol. The number of hydrogen-bond acceptors (Lipinski definition) is 6. The number of piperazine rings is 1. The van der Waals surface area contributed by atoms with Crippen molar-refractivity contribution in [3.8, 4) is 11.5 Å². The minimum absolute atomic E-state index is 0.00990. The zero-order valence-electron chi connectivity index (χ0n) is 24.5. The molecule has 2 aliphatic heterocycles. The van der Waals surface area contributed by atoms with Gasteiger partial charge in [-0.2, -0.15) is 0 Å². The molecule has 0 bridgehead atoms. The first-order chi connectivity index (χ1) is 21.5. The number of carbonyl (C=O) groups excluding carboxylic acids is 3. The molecule has 1 saturated heterocycles. The molecule has 0 unspecified atom stereocenters. The maximum absolute atomic E-state index is 14.1. The normalized spacial score (nSPS) is 18.9. The fraction of sp³-hybridized carbons (Fsp3) is 0.303. The molecule has 45 heavy (non-hydrogen) atoms. The molecule has 9 nitrogen and oxygen atoms in total. The lowest BCUT2D eigenvalue weighted by Gasteiger charge is -2.47. The summed E-state index contributed by atoms with van der Waals surface area (Å²) in [5, 5.41) is 12.7. The van der Waals surface area contributed by atoms with Crippen LogP contribution in [0.3, 0.4) is 0 Å². The van der Waals surface area contributed by atoms with Crippen LogP contribution in [0, 0.1) is 0 Å². The Labute approximate surface area is 258 Å². The Morgan fingerprint density at radius 1 is 0.978 bits per heavy atom. The number of alkyl halides is 3. The lowest BCUT2D eigenvalue weighted by atomic mass is 9.93. The number of nitrogens with zero attached hydrogens (tertiary/aromatic N) is 3. The predicted molar refractivity (Wildman–Crippen MR) is 158 cm³/mol. The van der Waals surface area contributed by atoms with Gasteiger partial charge in [0.1, 0.15) is 17.5 Å². The van der Waals surface area contributed by atoms with Crippen molar-refractivity contribution < 1.29 is 37.4 Å².